The van der Waals surface area contributed by atoms with Crippen LogP contribution >= 0.6 is 10.8 Å². The van der Waals surface area contributed by atoms with Crippen molar-refractivity contribution in [3.05, 3.63) is 29.8 Å². The van der Waals surface area contributed by atoms with Crippen LogP contribution in [-0.4, -0.2) is 75.2 Å². The maximum atomic E-state index is 13.5. The third-order valence-corrected chi connectivity index (χ3v) is 8.60. The van der Waals surface area contributed by atoms with Gasteiger partial charge in [0.1, 0.15) is 18.7 Å². The lowest BCUT2D eigenvalue weighted by atomic mass is 9.85. The number of ether oxygens (including phenoxy) is 1. The minimum absolute atomic E-state index is 0.0179. The molecule has 0 bridgehead atoms. The van der Waals surface area contributed by atoms with Crippen LogP contribution in [-0.2, 0) is 14.3 Å². The van der Waals surface area contributed by atoms with Crippen LogP contribution in [0, 0.1) is 11.3 Å². The van der Waals surface area contributed by atoms with Crippen LogP contribution in [0.3, 0.4) is 0 Å². The van der Waals surface area contributed by atoms with E-state index in [4.69, 9.17) is 4.74 Å². The second-order valence-electron chi connectivity index (χ2n) is 10.3. The Morgan fingerprint density at radius 1 is 1.21 bits per heavy atom. The van der Waals surface area contributed by atoms with E-state index in [1.807, 2.05) is 27.7 Å². The Labute approximate surface area is 195 Å². The summed E-state index contributed by atoms with van der Waals surface area (Å²) in [6.45, 7) is 8.57. The molecule has 3 fully saturated rings. The fourth-order valence-electron chi connectivity index (χ4n) is 4.88. The number of Topliss-reactive ketones (excluding diaryl/α,β-unsaturated/α-hetero) is 1. The van der Waals surface area contributed by atoms with Gasteiger partial charge in [-0.25, -0.2) is 0 Å². The van der Waals surface area contributed by atoms with Gasteiger partial charge in [0.15, 0.2) is 5.78 Å². The molecular weight excluding hydrogens is 446 g/mol. The molecule has 4 rings (SSSR count). The molecule has 3 aliphatic rings. The zero-order valence-corrected chi connectivity index (χ0v) is 20.3. The average Bonchev–Trinajstić information content (AvgIpc) is 3.40. The van der Waals surface area contributed by atoms with Gasteiger partial charge >= 0.3 is 0 Å². The molecule has 0 saturated carbocycles. The molecule has 2 amide bonds. The van der Waals surface area contributed by atoms with Crippen LogP contribution in [0.1, 0.15) is 44.5 Å². The van der Waals surface area contributed by atoms with E-state index in [0.717, 1.165) is 0 Å². The first-order valence-corrected chi connectivity index (χ1v) is 13.0. The van der Waals surface area contributed by atoms with Crippen molar-refractivity contribution in [3.8, 4) is 0 Å². The van der Waals surface area contributed by atoms with Crippen molar-refractivity contribution >= 4 is 34.1 Å². The van der Waals surface area contributed by atoms with Crippen LogP contribution < -0.4 is 9.62 Å². The lowest BCUT2D eigenvalue weighted by molar-refractivity contribution is -0.140. The first-order chi connectivity index (χ1) is 15.4. The monoisotopic (exact) mass is 479 g/mol. The normalized spacial score (nSPS) is 28.5. The number of fused-ring (bicyclic) bond motifs is 1. The molecule has 3 heterocycles. The summed E-state index contributed by atoms with van der Waals surface area (Å²) < 4.78 is 27.5. The largest absolute Gasteiger partial charge is 0.367 e. The summed E-state index contributed by atoms with van der Waals surface area (Å²) in [6, 6.07) is 5.19. The maximum absolute atomic E-state index is 13.5. The Bertz CT molecular complexity index is 945. The van der Waals surface area contributed by atoms with Gasteiger partial charge in [0, 0.05) is 24.6 Å². The highest BCUT2D eigenvalue weighted by atomic mass is 32.3. The summed E-state index contributed by atoms with van der Waals surface area (Å²) in [4.78, 5) is 40.5. The van der Waals surface area contributed by atoms with E-state index < -0.39 is 34.2 Å². The standard InChI is InChI=1S/C23H33N3O6S/c1-14-12-25(18-17(27)13-32-19(14)18)22(29)20(23(2,3)4)24-21(28)15-6-8-16(9-7-15)26-10-5-11-33(26,30)31/h6-9,14,18-20,30-31H,5,10-13H2,1-4H3,(H,24,28)/t14-,18+,19+,20+/m0/s1. The summed E-state index contributed by atoms with van der Waals surface area (Å²) in [7, 11) is -2.80. The molecule has 0 radical (unpaired) electrons. The fraction of sp³-hybridized carbons (Fsp3) is 0.609. The molecule has 0 unspecified atom stereocenters. The van der Waals surface area contributed by atoms with Crippen molar-refractivity contribution in [3.63, 3.8) is 0 Å². The highest BCUT2D eigenvalue weighted by Crippen LogP contribution is 2.50. The van der Waals surface area contributed by atoms with Gasteiger partial charge in [-0.05, 0) is 36.1 Å². The predicted molar refractivity (Wildman–Crippen MR) is 126 cm³/mol. The smallest absolute Gasteiger partial charge is 0.251 e. The van der Waals surface area contributed by atoms with Gasteiger partial charge in [0.25, 0.3) is 5.91 Å². The van der Waals surface area contributed by atoms with Gasteiger partial charge in [-0.3, -0.25) is 27.8 Å². The topological polar surface area (TPSA) is 119 Å². The number of rotatable bonds is 4. The number of ketones is 1. The number of anilines is 1. The van der Waals surface area contributed by atoms with Crippen molar-refractivity contribution in [2.75, 3.05) is 29.8 Å². The summed E-state index contributed by atoms with van der Waals surface area (Å²) in [5, 5.41) is 2.88. The Morgan fingerprint density at radius 2 is 1.88 bits per heavy atom. The minimum atomic E-state index is -2.80. The molecule has 0 aliphatic carbocycles. The molecule has 1 aromatic carbocycles. The highest BCUT2D eigenvalue weighted by Gasteiger charge is 2.52. The van der Waals surface area contributed by atoms with E-state index >= 15 is 0 Å². The maximum Gasteiger partial charge on any atom is 0.251 e. The van der Waals surface area contributed by atoms with E-state index in [9.17, 15) is 23.5 Å². The number of carbonyl (C=O) groups is 3. The molecule has 3 saturated heterocycles. The van der Waals surface area contributed by atoms with Crippen molar-refractivity contribution in [2.24, 2.45) is 11.3 Å². The summed E-state index contributed by atoms with van der Waals surface area (Å²) in [6.07, 6.45) is 0.410. The van der Waals surface area contributed by atoms with Crippen molar-refractivity contribution in [2.45, 2.75) is 52.3 Å². The molecule has 9 nitrogen and oxygen atoms in total. The highest BCUT2D eigenvalue weighted by molar-refractivity contribution is 8.25. The van der Waals surface area contributed by atoms with Crippen LogP contribution in [0.25, 0.3) is 0 Å². The molecule has 3 N–H and O–H groups in total. The zero-order chi connectivity index (χ0) is 24.1. The summed E-state index contributed by atoms with van der Waals surface area (Å²) in [5.74, 6) is -0.389. The van der Waals surface area contributed by atoms with E-state index in [1.54, 1.807) is 33.5 Å². The molecule has 0 aromatic heterocycles. The van der Waals surface area contributed by atoms with Crippen molar-refractivity contribution in [1.29, 1.82) is 0 Å². The van der Waals surface area contributed by atoms with Gasteiger partial charge in [-0.2, -0.15) is 0 Å². The number of nitrogens with zero attached hydrogens (tertiary/aromatic N) is 2. The summed E-state index contributed by atoms with van der Waals surface area (Å²) in [5.41, 5.74) is 0.428. The Hall–Kier alpha value is -2.14. The van der Waals surface area contributed by atoms with Gasteiger partial charge in [-0.1, -0.05) is 27.7 Å². The lowest BCUT2D eigenvalue weighted by Crippen LogP contribution is -2.57. The minimum Gasteiger partial charge on any atom is -0.367 e. The number of hydrogen-bond acceptors (Lipinski definition) is 7. The van der Waals surface area contributed by atoms with E-state index in [1.165, 1.54) is 0 Å². The second kappa shape index (κ2) is 8.57. The second-order valence-corrected chi connectivity index (χ2v) is 12.4. The average molecular weight is 480 g/mol. The third kappa shape index (κ3) is 4.49. The lowest BCUT2D eigenvalue weighted by Gasteiger charge is -2.38. The number of nitrogens with one attached hydrogen (secondary N) is 1. The quantitative estimate of drug-likeness (QED) is 0.607. The molecule has 4 atom stereocenters. The van der Waals surface area contributed by atoms with Crippen LogP contribution in [0.4, 0.5) is 5.69 Å². The Kier molecular flexibility index (Phi) is 6.24. The van der Waals surface area contributed by atoms with Crippen molar-refractivity contribution in [1.82, 2.24) is 10.2 Å². The number of likely N-dealkylation sites (tertiary alicyclic amines) is 1. The molecule has 10 heteroatoms. The van der Waals surface area contributed by atoms with Gasteiger partial charge in [0.05, 0.1) is 17.5 Å². The molecule has 0 spiro atoms. The SMILES string of the molecule is C[C@H]1CN(C(=O)[C@@H](NC(=O)c2ccc(N3CCCS3(O)O)cc2)C(C)(C)C)[C@@H]2C(=O)CO[C@@H]21. The molecule has 3 aliphatic heterocycles. The molecule has 33 heavy (non-hydrogen) atoms. The Morgan fingerprint density at radius 3 is 2.45 bits per heavy atom. The zero-order valence-electron chi connectivity index (χ0n) is 19.5. The number of amides is 2. The van der Waals surface area contributed by atoms with E-state index in [2.05, 4.69) is 5.32 Å². The predicted octanol–water partition coefficient (Wildman–Crippen LogP) is 2.52. The van der Waals surface area contributed by atoms with E-state index in [0.29, 0.717) is 36.5 Å². The summed E-state index contributed by atoms with van der Waals surface area (Å²) >= 11 is 0. The van der Waals surface area contributed by atoms with Crippen LogP contribution in [0.2, 0.25) is 0 Å². The number of carbonyl (C=O) groups excluding carboxylic acids is 3. The Balaban J connectivity index is 1.50. The molecular formula is C23H33N3O6S. The molecule has 1 aromatic rings. The van der Waals surface area contributed by atoms with Crippen molar-refractivity contribution < 1.29 is 28.2 Å². The van der Waals surface area contributed by atoms with Gasteiger partial charge in [-0.15, -0.1) is 10.8 Å². The van der Waals surface area contributed by atoms with Gasteiger partial charge < -0.3 is 15.0 Å². The first-order valence-electron chi connectivity index (χ1n) is 11.3. The number of benzene rings is 1. The fourth-order valence-corrected chi connectivity index (χ4v) is 6.50. The van der Waals surface area contributed by atoms with Crippen LogP contribution in [0.15, 0.2) is 24.3 Å². The third-order valence-electron chi connectivity index (χ3n) is 6.66. The van der Waals surface area contributed by atoms with Crippen LogP contribution in [0.5, 0.6) is 0 Å². The number of hydrogen-bond donors (Lipinski definition) is 3. The molecule has 182 valence electrons. The van der Waals surface area contributed by atoms with E-state index in [-0.39, 0.29) is 30.3 Å². The first kappa shape index (κ1) is 24.0. The van der Waals surface area contributed by atoms with Gasteiger partial charge in [0.2, 0.25) is 5.91 Å².